The fourth-order valence-electron chi connectivity index (χ4n) is 3.79. The van der Waals surface area contributed by atoms with Crippen molar-refractivity contribution in [3.05, 3.63) is 59.2 Å². The highest BCUT2D eigenvalue weighted by Crippen LogP contribution is 2.35. The van der Waals surface area contributed by atoms with Crippen molar-refractivity contribution in [1.29, 1.82) is 0 Å². The van der Waals surface area contributed by atoms with E-state index in [1.165, 1.54) is 17.7 Å². The first-order valence-electron chi connectivity index (χ1n) is 12.7. The Bertz CT molecular complexity index is 858. The maximum atomic E-state index is 11.8. The fourth-order valence-corrected chi connectivity index (χ4v) is 3.79. The third kappa shape index (κ3) is 10.8. The molecule has 1 unspecified atom stereocenters. The molecular weight excluding hydrogens is 446 g/mol. The van der Waals surface area contributed by atoms with Crippen molar-refractivity contribution in [2.45, 2.75) is 71.0 Å². The van der Waals surface area contributed by atoms with Crippen LogP contribution in [-0.2, 0) is 22.6 Å². The lowest BCUT2D eigenvalue weighted by Crippen LogP contribution is -2.23. The van der Waals surface area contributed by atoms with Crippen molar-refractivity contribution in [3.8, 4) is 11.5 Å². The molecule has 0 radical (unpaired) electrons. The normalized spacial score (nSPS) is 12.0. The lowest BCUT2D eigenvalue weighted by atomic mass is 10.0. The van der Waals surface area contributed by atoms with Gasteiger partial charge in [0.05, 0.1) is 18.3 Å². The molecule has 7 nitrogen and oxygen atoms in total. The van der Waals surface area contributed by atoms with Crippen molar-refractivity contribution in [3.63, 3.8) is 0 Å². The van der Waals surface area contributed by atoms with Crippen LogP contribution in [0.1, 0.15) is 74.7 Å². The van der Waals surface area contributed by atoms with E-state index in [1.807, 2.05) is 6.07 Å². The van der Waals surface area contributed by atoms with Gasteiger partial charge in [0.25, 0.3) is 0 Å². The summed E-state index contributed by atoms with van der Waals surface area (Å²) < 4.78 is 11.0. The summed E-state index contributed by atoms with van der Waals surface area (Å²) in [7, 11) is 0. The van der Waals surface area contributed by atoms with Crippen LogP contribution in [0.5, 0.6) is 11.5 Å². The Morgan fingerprint density at radius 3 is 2.40 bits per heavy atom. The molecule has 2 aromatic carbocycles. The number of esters is 1. The number of benzene rings is 2. The number of ether oxygens (including phenoxy) is 2. The van der Waals surface area contributed by atoms with Crippen molar-refractivity contribution >= 4 is 5.97 Å². The van der Waals surface area contributed by atoms with E-state index < -0.39 is 18.7 Å². The molecule has 7 heteroatoms. The minimum absolute atomic E-state index is 0.0358. The van der Waals surface area contributed by atoms with E-state index in [2.05, 4.69) is 29.6 Å². The summed E-state index contributed by atoms with van der Waals surface area (Å²) in [5.74, 6) is -0.636. The molecule has 0 aliphatic rings. The lowest BCUT2D eigenvalue weighted by molar-refractivity contribution is -0.134. The molecule has 0 fully saturated rings. The predicted molar refractivity (Wildman–Crippen MR) is 136 cm³/mol. The van der Waals surface area contributed by atoms with Crippen molar-refractivity contribution in [2.75, 3.05) is 26.3 Å². The third-order valence-corrected chi connectivity index (χ3v) is 5.86. The maximum Gasteiger partial charge on any atom is 0.310 e. The molecule has 2 rings (SSSR count). The second-order valence-electron chi connectivity index (χ2n) is 8.66. The van der Waals surface area contributed by atoms with Crippen LogP contribution in [0.2, 0.25) is 0 Å². The number of carbonyl (C=O) groups excluding carboxylic acids is 1. The average Bonchev–Trinajstić information content (AvgIpc) is 2.87. The molecule has 0 aliphatic heterocycles. The quantitative estimate of drug-likeness (QED) is 0.140. The topological polar surface area (TPSA) is 108 Å². The third-order valence-electron chi connectivity index (χ3n) is 5.86. The van der Waals surface area contributed by atoms with Crippen molar-refractivity contribution < 1.29 is 29.6 Å². The molecule has 0 bridgehead atoms. The van der Waals surface area contributed by atoms with Gasteiger partial charge in [-0.05, 0) is 56.3 Å². The number of rotatable bonds is 18. The molecule has 0 saturated carbocycles. The second kappa shape index (κ2) is 17.1. The zero-order valence-corrected chi connectivity index (χ0v) is 20.9. The molecule has 194 valence electrons. The van der Waals surface area contributed by atoms with Crippen LogP contribution < -0.4 is 10.1 Å². The molecule has 4 N–H and O–H groups in total. The number of nitrogens with one attached hydrogen (secondary N) is 1. The van der Waals surface area contributed by atoms with Crippen LogP contribution in [0.4, 0.5) is 0 Å². The van der Waals surface area contributed by atoms with Gasteiger partial charge >= 0.3 is 5.97 Å². The molecule has 0 saturated heterocycles. The van der Waals surface area contributed by atoms with Crippen LogP contribution in [-0.4, -0.2) is 47.6 Å². The predicted octanol–water partition coefficient (Wildman–Crippen LogP) is 4.42. The summed E-state index contributed by atoms with van der Waals surface area (Å²) in [6, 6.07) is 13.4. The van der Waals surface area contributed by atoms with Crippen LogP contribution in [0.15, 0.2) is 42.5 Å². The van der Waals surface area contributed by atoms with Gasteiger partial charge in [0.2, 0.25) is 0 Å². The zero-order chi connectivity index (χ0) is 25.3. The molecule has 0 spiro atoms. The summed E-state index contributed by atoms with van der Waals surface area (Å²) >= 11 is 0. The minimum Gasteiger partial charge on any atom is -0.507 e. The number of unbranched alkanes of at least 4 members (excludes halogenated alkanes) is 4. The Balaban J connectivity index is 1.55. The highest BCUT2D eigenvalue weighted by Gasteiger charge is 2.21. The van der Waals surface area contributed by atoms with Crippen molar-refractivity contribution in [2.24, 2.45) is 0 Å². The smallest absolute Gasteiger partial charge is 0.310 e. The molecule has 0 heterocycles. The average molecular weight is 488 g/mol. The summed E-state index contributed by atoms with van der Waals surface area (Å²) in [5, 5.41) is 33.3. The van der Waals surface area contributed by atoms with Crippen LogP contribution in [0, 0.1) is 0 Å². The maximum absolute atomic E-state index is 11.8. The Morgan fingerprint density at radius 2 is 1.69 bits per heavy atom. The molecule has 0 aliphatic carbocycles. The van der Waals surface area contributed by atoms with Gasteiger partial charge in [0.15, 0.2) is 0 Å². The van der Waals surface area contributed by atoms with Gasteiger partial charge in [-0.1, -0.05) is 50.1 Å². The van der Waals surface area contributed by atoms with Gasteiger partial charge in [-0.3, -0.25) is 4.79 Å². The molecule has 35 heavy (non-hydrogen) atoms. The van der Waals surface area contributed by atoms with Crippen LogP contribution >= 0.6 is 0 Å². The number of aromatic hydroxyl groups is 1. The lowest BCUT2D eigenvalue weighted by Gasteiger charge is -2.19. The van der Waals surface area contributed by atoms with Crippen LogP contribution in [0.3, 0.4) is 0 Å². The van der Waals surface area contributed by atoms with E-state index in [4.69, 9.17) is 9.47 Å². The van der Waals surface area contributed by atoms with Crippen LogP contribution in [0.25, 0.3) is 0 Å². The zero-order valence-electron chi connectivity index (χ0n) is 20.9. The Labute approximate surface area is 209 Å². The fraction of sp³-hybridized carbons (Fsp3) is 0.536. The largest absolute Gasteiger partial charge is 0.507 e. The number of aliphatic hydroxyl groups excluding tert-OH is 2. The summed E-state index contributed by atoms with van der Waals surface area (Å²) in [4.78, 5) is 11.8. The van der Waals surface area contributed by atoms with Gasteiger partial charge in [0.1, 0.15) is 11.5 Å². The van der Waals surface area contributed by atoms with E-state index in [0.29, 0.717) is 5.56 Å². The molecule has 0 aromatic heterocycles. The molecule has 0 amide bonds. The number of hydrogen-bond donors (Lipinski definition) is 4. The summed E-state index contributed by atoms with van der Waals surface area (Å²) in [6.07, 6.45) is 6.76. The van der Waals surface area contributed by atoms with Gasteiger partial charge in [0, 0.05) is 31.7 Å². The first-order valence-corrected chi connectivity index (χ1v) is 12.7. The molecule has 1 atom stereocenters. The molecular formula is C28H41NO6. The standard InChI is InChI=1S/C28H41NO6/c1-2-27(33)35-28-23(15-16-25(31)24(28)21-30)26(32)20-29-17-9-3-4-10-18-34-19-11-8-14-22-12-6-5-7-13-22/h5-7,12-13,15-16,26,29-32H,2-4,8-11,14,17-21H2,1H3. The number of hydrogen-bond acceptors (Lipinski definition) is 7. The Kier molecular flexibility index (Phi) is 14.0. The Morgan fingerprint density at radius 1 is 0.971 bits per heavy atom. The highest BCUT2D eigenvalue weighted by molar-refractivity contribution is 5.73. The first-order chi connectivity index (χ1) is 17.1. The van der Waals surface area contributed by atoms with E-state index >= 15 is 0 Å². The van der Waals surface area contributed by atoms with Crippen molar-refractivity contribution in [1.82, 2.24) is 5.32 Å². The number of aryl methyl sites for hydroxylation is 1. The first kappa shape index (κ1) is 28.8. The van der Waals surface area contributed by atoms with Gasteiger partial charge in [-0.15, -0.1) is 0 Å². The van der Waals surface area contributed by atoms with E-state index in [0.717, 1.165) is 64.7 Å². The van der Waals surface area contributed by atoms with Gasteiger partial charge in [-0.2, -0.15) is 0 Å². The van der Waals surface area contributed by atoms with E-state index in [1.54, 1.807) is 6.92 Å². The monoisotopic (exact) mass is 487 g/mol. The van der Waals surface area contributed by atoms with Gasteiger partial charge < -0.3 is 30.1 Å². The summed E-state index contributed by atoms with van der Waals surface area (Å²) in [5.41, 5.74) is 1.84. The second-order valence-corrected chi connectivity index (χ2v) is 8.66. The van der Waals surface area contributed by atoms with E-state index in [9.17, 15) is 20.1 Å². The van der Waals surface area contributed by atoms with E-state index in [-0.39, 0.29) is 30.0 Å². The van der Waals surface area contributed by atoms with Gasteiger partial charge in [-0.25, -0.2) is 0 Å². The summed E-state index contributed by atoms with van der Waals surface area (Å²) in [6.45, 7) is 3.80. The SMILES string of the molecule is CCC(=O)Oc1c(C(O)CNCCCCCCOCCCCc2ccccc2)ccc(O)c1CO. The highest BCUT2D eigenvalue weighted by atomic mass is 16.5. The number of phenols is 1. The minimum atomic E-state index is -0.934. The molecule has 2 aromatic rings. The number of aliphatic hydroxyl groups is 2. The Hall–Kier alpha value is -2.45. The number of carbonyl (C=O) groups is 1.